The minimum absolute atomic E-state index is 0.00445. The third kappa shape index (κ3) is 4.76. The van der Waals surface area contributed by atoms with E-state index in [1.165, 1.54) is 24.6 Å². The van der Waals surface area contributed by atoms with Crippen molar-refractivity contribution in [3.05, 3.63) is 35.8 Å². The van der Waals surface area contributed by atoms with Crippen LogP contribution in [0.3, 0.4) is 0 Å². The molecular formula is C23H29FN6O2. The Kier molecular flexibility index (Phi) is 5.09. The van der Waals surface area contributed by atoms with Crippen LogP contribution in [0.25, 0.3) is 0 Å². The van der Waals surface area contributed by atoms with Crippen molar-refractivity contribution in [1.29, 1.82) is 5.26 Å². The van der Waals surface area contributed by atoms with Crippen molar-refractivity contribution < 1.29 is 19.7 Å². The average molecular weight is 445 g/mol. The van der Waals surface area contributed by atoms with E-state index in [4.69, 9.17) is 10.2 Å². The summed E-state index contributed by atoms with van der Waals surface area (Å²) in [6.07, 6.45) is 5.12. The number of aromatic nitrogens is 2. The molecule has 32 heavy (non-hydrogen) atoms. The van der Waals surface area contributed by atoms with E-state index in [1.54, 1.807) is 0 Å². The fourth-order valence-corrected chi connectivity index (χ4v) is 4.83. The topological polar surface area (TPSA) is 106 Å². The maximum Gasteiger partial charge on any atom is 0.229 e. The van der Waals surface area contributed by atoms with Crippen molar-refractivity contribution in [3.63, 3.8) is 0 Å². The molecule has 2 aromatic rings. The predicted molar refractivity (Wildman–Crippen MR) is 119 cm³/mol. The lowest BCUT2D eigenvalue weighted by Crippen LogP contribution is -2.55. The predicted octanol–water partition coefficient (Wildman–Crippen LogP) is 3.42. The summed E-state index contributed by atoms with van der Waals surface area (Å²) in [5.41, 5.74) is 0.244. The number of fused-ring (bicyclic) bond motifs is 1. The van der Waals surface area contributed by atoms with Crippen molar-refractivity contribution in [2.24, 2.45) is 0 Å². The number of nitrogens with zero attached hydrogens (tertiary/aromatic N) is 4. The molecular weight excluding hydrogens is 411 g/mol. The molecule has 4 rings (SSSR count). The van der Waals surface area contributed by atoms with Crippen molar-refractivity contribution >= 4 is 17.5 Å². The number of hydrogen-bond acceptors (Lipinski definition) is 8. The molecule has 3 heterocycles. The maximum absolute atomic E-state index is 14.6. The van der Waals surface area contributed by atoms with Crippen molar-refractivity contribution in [3.8, 4) is 11.8 Å². The lowest BCUT2D eigenvalue weighted by Gasteiger charge is -2.47. The number of aliphatic hydroxyl groups is 1. The van der Waals surface area contributed by atoms with Crippen LogP contribution in [0.15, 0.2) is 24.4 Å². The van der Waals surface area contributed by atoms with Crippen LogP contribution >= 0.6 is 0 Å². The lowest BCUT2D eigenvalue weighted by atomic mass is 9.84. The van der Waals surface area contributed by atoms with Gasteiger partial charge < -0.3 is 20.5 Å². The number of halogens is 1. The summed E-state index contributed by atoms with van der Waals surface area (Å²) in [6, 6.07) is 6.39. The number of benzene rings is 1. The van der Waals surface area contributed by atoms with Gasteiger partial charge >= 0.3 is 0 Å². The SMILES string of the molecule is [2H]C([2H])(O)C([2H])([2H])Oc1ccc(Nc2ncc(F)c(N[C@@H]3C[C@@H]4CCCN4C(C)(C)C3)n2)cc1C#N. The van der Waals surface area contributed by atoms with Gasteiger partial charge in [-0.15, -0.1) is 0 Å². The van der Waals surface area contributed by atoms with Gasteiger partial charge in [0.1, 0.15) is 18.4 Å². The smallest absolute Gasteiger partial charge is 0.229 e. The summed E-state index contributed by atoms with van der Waals surface area (Å²) in [7, 11) is 0. The van der Waals surface area contributed by atoms with Gasteiger partial charge in [0, 0.05) is 23.3 Å². The highest BCUT2D eigenvalue weighted by Crippen LogP contribution is 2.38. The number of anilines is 3. The van der Waals surface area contributed by atoms with Gasteiger partial charge in [-0.25, -0.2) is 9.37 Å². The Hall–Kier alpha value is -2.96. The Labute approximate surface area is 193 Å². The van der Waals surface area contributed by atoms with Gasteiger partial charge in [-0.2, -0.15) is 10.2 Å². The van der Waals surface area contributed by atoms with Crippen LogP contribution in [0.1, 0.15) is 50.6 Å². The number of ether oxygens (including phenoxy) is 1. The number of hydrogen-bond donors (Lipinski definition) is 3. The number of nitriles is 1. The minimum atomic E-state index is -3.29. The fraction of sp³-hybridized carbons (Fsp3) is 0.522. The molecule has 1 aromatic heterocycles. The third-order valence-electron chi connectivity index (χ3n) is 6.10. The Bertz CT molecular complexity index is 1170. The first kappa shape index (κ1) is 17.6. The molecule has 2 fully saturated rings. The van der Waals surface area contributed by atoms with Crippen LogP contribution in [0.2, 0.25) is 0 Å². The molecule has 0 radical (unpaired) electrons. The Morgan fingerprint density at radius 3 is 3.09 bits per heavy atom. The third-order valence-corrected chi connectivity index (χ3v) is 6.10. The second kappa shape index (κ2) is 9.27. The standard InChI is InChI=1S/C23H29FN6O2/c1-23(2)12-17(11-18-4-3-7-30(18)23)27-21-19(24)14-26-22(29-21)28-16-5-6-20(32-9-8-31)15(10-16)13-25/h5-6,10,14,17-18,31H,3-4,7-9,11-12H2,1-2H3,(H2,26,27,28,29)/t17-,18+/m1/s1/i8D2,9D2. The molecule has 2 aliphatic heterocycles. The van der Waals surface area contributed by atoms with Crippen LogP contribution < -0.4 is 15.4 Å². The number of nitrogens with one attached hydrogen (secondary N) is 2. The van der Waals surface area contributed by atoms with E-state index >= 15 is 0 Å². The lowest BCUT2D eigenvalue weighted by molar-refractivity contribution is 0.0500. The van der Waals surface area contributed by atoms with Crippen LogP contribution in [0.5, 0.6) is 5.75 Å². The summed E-state index contributed by atoms with van der Waals surface area (Å²) in [4.78, 5) is 10.8. The van der Waals surface area contributed by atoms with Gasteiger partial charge in [0.15, 0.2) is 11.6 Å². The molecule has 0 unspecified atom stereocenters. The van der Waals surface area contributed by atoms with E-state index in [1.807, 2.05) is 6.07 Å². The Balaban J connectivity index is 1.49. The monoisotopic (exact) mass is 444 g/mol. The molecule has 170 valence electrons. The van der Waals surface area contributed by atoms with Crippen LogP contribution in [-0.4, -0.2) is 57.3 Å². The normalized spacial score (nSPS) is 24.8. The largest absolute Gasteiger partial charge is 0.490 e. The molecule has 0 aliphatic carbocycles. The van der Waals surface area contributed by atoms with E-state index in [-0.39, 0.29) is 34.7 Å². The van der Waals surface area contributed by atoms with Gasteiger partial charge in [-0.3, -0.25) is 4.90 Å². The van der Waals surface area contributed by atoms with E-state index in [9.17, 15) is 14.8 Å². The van der Waals surface area contributed by atoms with Crippen molar-refractivity contribution in [2.75, 3.05) is 30.3 Å². The van der Waals surface area contributed by atoms with E-state index in [0.717, 1.165) is 32.0 Å². The fourth-order valence-electron chi connectivity index (χ4n) is 4.83. The first-order valence-corrected chi connectivity index (χ1v) is 10.6. The second-order valence-electron chi connectivity index (χ2n) is 8.74. The van der Waals surface area contributed by atoms with E-state index in [0.29, 0.717) is 11.7 Å². The van der Waals surface area contributed by atoms with Gasteiger partial charge in [0.2, 0.25) is 5.95 Å². The summed E-state index contributed by atoms with van der Waals surface area (Å²) in [5.74, 6) is -0.655. The zero-order valence-corrected chi connectivity index (χ0v) is 18.0. The molecule has 8 nitrogen and oxygen atoms in total. The molecule has 0 bridgehead atoms. The second-order valence-corrected chi connectivity index (χ2v) is 8.74. The average Bonchev–Trinajstić information content (AvgIpc) is 3.25. The van der Waals surface area contributed by atoms with Gasteiger partial charge in [0.25, 0.3) is 0 Å². The summed E-state index contributed by atoms with van der Waals surface area (Å²) < 4.78 is 48.9. The zero-order valence-electron chi connectivity index (χ0n) is 22.0. The van der Waals surface area contributed by atoms with Crippen molar-refractivity contribution in [2.45, 2.75) is 57.2 Å². The molecule has 2 aliphatic rings. The van der Waals surface area contributed by atoms with Gasteiger partial charge in [-0.1, -0.05) is 0 Å². The van der Waals surface area contributed by atoms with Crippen molar-refractivity contribution in [1.82, 2.24) is 14.9 Å². The molecule has 0 amide bonds. The Morgan fingerprint density at radius 1 is 1.47 bits per heavy atom. The minimum Gasteiger partial charge on any atom is -0.490 e. The molecule has 3 N–H and O–H groups in total. The molecule has 2 saturated heterocycles. The molecule has 2 atom stereocenters. The quantitative estimate of drug-likeness (QED) is 0.597. The summed E-state index contributed by atoms with van der Waals surface area (Å²) in [6.45, 7) is -0.860. The highest BCUT2D eigenvalue weighted by atomic mass is 19.1. The van der Waals surface area contributed by atoms with Crippen LogP contribution in [0, 0.1) is 17.1 Å². The van der Waals surface area contributed by atoms with E-state index < -0.39 is 18.9 Å². The van der Waals surface area contributed by atoms with E-state index in [2.05, 4.69) is 39.3 Å². The summed E-state index contributed by atoms with van der Waals surface area (Å²) in [5, 5.41) is 24.9. The molecule has 1 aromatic carbocycles. The summed E-state index contributed by atoms with van der Waals surface area (Å²) >= 11 is 0. The number of rotatable bonds is 7. The van der Waals surface area contributed by atoms with Crippen LogP contribution in [-0.2, 0) is 0 Å². The maximum atomic E-state index is 14.6. The first-order valence-electron chi connectivity index (χ1n) is 12.6. The highest BCUT2D eigenvalue weighted by molar-refractivity contribution is 5.61. The first-order chi connectivity index (χ1) is 16.8. The highest BCUT2D eigenvalue weighted by Gasteiger charge is 2.43. The van der Waals surface area contributed by atoms with Crippen LogP contribution in [0.4, 0.5) is 21.8 Å². The van der Waals surface area contributed by atoms with Gasteiger partial charge in [-0.05, 0) is 64.3 Å². The molecule has 0 spiro atoms. The molecule has 9 heteroatoms. The molecule has 0 saturated carbocycles. The number of piperidine rings is 1. The zero-order chi connectivity index (χ0) is 26.3. The van der Waals surface area contributed by atoms with Gasteiger partial charge in [0.05, 0.1) is 23.8 Å². The Morgan fingerprint density at radius 2 is 2.31 bits per heavy atom.